The van der Waals surface area contributed by atoms with Gasteiger partial charge in [0, 0.05) is 12.1 Å². The lowest BCUT2D eigenvalue weighted by atomic mass is 9.37. The number of imide groups is 1. The molecule has 1 saturated heterocycles. The lowest BCUT2D eigenvalue weighted by Crippen LogP contribution is -2.66. The topological polar surface area (TPSA) is 107 Å². The Balaban J connectivity index is 2.41. The lowest BCUT2D eigenvalue weighted by molar-refractivity contribution is -0.138. The van der Waals surface area contributed by atoms with Crippen molar-refractivity contribution in [2.24, 2.45) is 0 Å². The number of benzene rings is 1. The number of rotatable bonds is 1. The fourth-order valence-corrected chi connectivity index (χ4v) is 3.47. The number of nitrogens with zero attached hydrogens (tertiary/aromatic N) is 2. The molecule has 1 aromatic heterocycles. The van der Waals surface area contributed by atoms with E-state index in [1.54, 1.807) is 48.7 Å². The highest BCUT2D eigenvalue weighted by Crippen LogP contribution is 2.42. The lowest BCUT2D eigenvalue weighted by Gasteiger charge is -2.47. The summed E-state index contributed by atoms with van der Waals surface area (Å²) in [6, 6.07) is 5.07. The van der Waals surface area contributed by atoms with Crippen molar-refractivity contribution in [1.29, 1.82) is 0 Å². The van der Waals surface area contributed by atoms with E-state index in [2.05, 4.69) is 10.3 Å². The third kappa shape index (κ3) is 2.02. The van der Waals surface area contributed by atoms with Gasteiger partial charge < -0.3 is 5.73 Å². The molecular weight excluding hydrogens is 305 g/mol. The highest BCUT2D eigenvalue weighted by atomic mass is 16.2. The van der Waals surface area contributed by atoms with E-state index in [0.29, 0.717) is 17.0 Å². The number of nitrogens with two attached hydrogens (primary N) is 1. The van der Waals surface area contributed by atoms with Gasteiger partial charge in [-0.2, -0.15) is 0 Å². The number of anilines is 1. The molecule has 1 aliphatic rings. The second kappa shape index (κ2) is 4.99. The maximum atomic E-state index is 13.2. The molecule has 7 nitrogen and oxygen atoms in total. The number of nitrogens with one attached hydrogen (secondary N) is 1. The van der Waals surface area contributed by atoms with Crippen molar-refractivity contribution in [3.63, 3.8) is 0 Å². The summed E-state index contributed by atoms with van der Waals surface area (Å²) in [5, 5.41) is 1.86. The van der Waals surface area contributed by atoms with Crippen molar-refractivity contribution in [3.05, 3.63) is 34.4 Å². The van der Waals surface area contributed by atoms with Crippen LogP contribution >= 0.6 is 0 Å². The SMILES string of the molecule is BC1(B)CC(=O)NC(=O)C1(B)n1c(C)nc2cccc(N)c2c1=O. The van der Waals surface area contributed by atoms with Gasteiger partial charge in [-0.25, -0.2) is 4.98 Å². The minimum Gasteiger partial charge on any atom is -0.398 e. The summed E-state index contributed by atoms with van der Waals surface area (Å²) in [6.45, 7) is 1.68. The molecule has 1 unspecified atom stereocenters. The Labute approximate surface area is 141 Å². The van der Waals surface area contributed by atoms with Crippen LogP contribution in [0.25, 0.3) is 10.9 Å². The molecule has 2 aromatic rings. The van der Waals surface area contributed by atoms with Gasteiger partial charge in [-0.15, -0.1) is 0 Å². The number of hydrogen-bond donors (Lipinski definition) is 2. The van der Waals surface area contributed by atoms with Crippen molar-refractivity contribution < 1.29 is 9.59 Å². The summed E-state index contributed by atoms with van der Waals surface area (Å²) in [5.41, 5.74) is 5.13. The molecular formula is C14H17B3N4O3. The Hall–Kier alpha value is -2.51. The van der Waals surface area contributed by atoms with Gasteiger partial charge in [-0.05, 0) is 19.1 Å². The van der Waals surface area contributed by atoms with Crippen molar-refractivity contribution in [2.45, 2.75) is 24.0 Å². The molecule has 0 spiro atoms. The van der Waals surface area contributed by atoms with Crippen LogP contribution in [0.15, 0.2) is 23.0 Å². The van der Waals surface area contributed by atoms with E-state index in [0.717, 1.165) is 0 Å². The summed E-state index contributed by atoms with van der Waals surface area (Å²) >= 11 is 0. The summed E-state index contributed by atoms with van der Waals surface area (Å²) in [6.07, 6.45) is 0.128. The number of hydrogen-bond acceptors (Lipinski definition) is 5. The van der Waals surface area contributed by atoms with Crippen LogP contribution in [0.2, 0.25) is 5.21 Å². The molecule has 2 heterocycles. The molecule has 0 saturated carbocycles. The summed E-state index contributed by atoms with van der Waals surface area (Å²) < 4.78 is 1.37. The Morgan fingerprint density at radius 1 is 1.25 bits per heavy atom. The Kier molecular flexibility index (Phi) is 3.40. The number of carbonyl (C=O) groups excluding carboxylic acids is 2. The summed E-state index contributed by atoms with van der Waals surface area (Å²) in [7, 11) is 5.26. The van der Waals surface area contributed by atoms with Crippen molar-refractivity contribution in [2.75, 3.05) is 5.73 Å². The zero-order valence-corrected chi connectivity index (χ0v) is 14.1. The predicted octanol–water partition coefficient (Wildman–Crippen LogP) is -3.00. The van der Waals surface area contributed by atoms with E-state index in [1.807, 2.05) is 0 Å². The fourth-order valence-electron chi connectivity index (χ4n) is 3.47. The molecule has 1 atom stereocenters. The van der Waals surface area contributed by atoms with Gasteiger partial charge in [0.2, 0.25) is 11.8 Å². The van der Waals surface area contributed by atoms with Crippen LogP contribution in [0, 0.1) is 6.92 Å². The number of fused-ring (bicyclic) bond motifs is 1. The quantitative estimate of drug-likeness (QED) is 0.331. The molecule has 0 bridgehead atoms. The van der Waals surface area contributed by atoms with Crippen LogP contribution in [-0.2, 0) is 15.0 Å². The Morgan fingerprint density at radius 2 is 1.92 bits per heavy atom. The van der Waals surface area contributed by atoms with Gasteiger partial charge in [0.05, 0.1) is 16.3 Å². The van der Waals surface area contributed by atoms with Crippen LogP contribution in [0.3, 0.4) is 0 Å². The molecule has 1 fully saturated rings. The molecule has 120 valence electrons. The molecule has 1 aromatic carbocycles. The highest BCUT2D eigenvalue weighted by Gasteiger charge is 2.53. The van der Waals surface area contributed by atoms with Crippen molar-refractivity contribution >= 4 is 51.9 Å². The predicted molar refractivity (Wildman–Crippen MR) is 99.2 cm³/mol. The van der Waals surface area contributed by atoms with Gasteiger partial charge in [-0.1, -0.05) is 11.3 Å². The smallest absolute Gasteiger partial charge is 0.263 e. The number of piperidine rings is 1. The van der Waals surface area contributed by atoms with Gasteiger partial charge in [0.15, 0.2) is 0 Å². The number of aromatic nitrogens is 2. The molecule has 24 heavy (non-hydrogen) atoms. The first-order valence-electron chi connectivity index (χ1n) is 7.72. The largest absolute Gasteiger partial charge is 0.398 e. The third-order valence-corrected chi connectivity index (χ3v) is 5.16. The van der Waals surface area contributed by atoms with Gasteiger partial charge >= 0.3 is 0 Å². The zero-order valence-electron chi connectivity index (χ0n) is 14.1. The maximum absolute atomic E-state index is 13.2. The molecule has 3 N–H and O–H groups in total. The third-order valence-electron chi connectivity index (χ3n) is 5.16. The molecule has 1 aliphatic heterocycles. The van der Waals surface area contributed by atoms with E-state index in [1.165, 1.54) is 4.57 Å². The first kappa shape index (κ1) is 16.4. The number of amides is 2. The standard InChI is InChI=1S/C14H17B3N4O3/c1-6-19-8-4-2-3-7(18)10(8)11(23)21(6)14(17)12(24)20-9(22)5-13(14,15)16/h2-4H,5,15-18H2,1H3,(H,20,22,24). The first-order chi connectivity index (χ1) is 11.1. The summed E-state index contributed by atoms with van der Waals surface area (Å²) in [4.78, 5) is 42.1. The summed E-state index contributed by atoms with van der Waals surface area (Å²) in [5.74, 6) is -0.454. The van der Waals surface area contributed by atoms with E-state index >= 15 is 0 Å². The van der Waals surface area contributed by atoms with Gasteiger partial charge in [0.1, 0.15) is 29.4 Å². The number of nitrogen functional groups attached to an aromatic ring is 1. The Morgan fingerprint density at radius 3 is 2.54 bits per heavy atom. The van der Waals surface area contributed by atoms with Crippen LogP contribution in [-0.4, -0.2) is 44.9 Å². The molecule has 0 radical (unpaired) electrons. The van der Waals surface area contributed by atoms with E-state index in [-0.39, 0.29) is 23.3 Å². The fraction of sp³-hybridized carbons (Fsp3) is 0.286. The molecule has 10 heteroatoms. The second-order valence-electron chi connectivity index (χ2n) is 7.05. The van der Waals surface area contributed by atoms with Crippen LogP contribution in [0.1, 0.15) is 12.2 Å². The van der Waals surface area contributed by atoms with Crippen LogP contribution in [0.4, 0.5) is 5.69 Å². The van der Waals surface area contributed by atoms with E-state index in [9.17, 15) is 14.4 Å². The number of carbonyl (C=O) groups is 2. The first-order valence-corrected chi connectivity index (χ1v) is 7.72. The zero-order chi connectivity index (χ0) is 17.9. The normalized spacial score (nSPS) is 23.2. The highest BCUT2D eigenvalue weighted by molar-refractivity contribution is 6.50. The van der Waals surface area contributed by atoms with Crippen LogP contribution < -0.4 is 16.6 Å². The van der Waals surface area contributed by atoms with Gasteiger partial charge in [0.25, 0.3) is 5.56 Å². The minimum atomic E-state index is -1.26. The van der Waals surface area contributed by atoms with E-state index in [4.69, 9.17) is 5.73 Å². The second-order valence-corrected chi connectivity index (χ2v) is 7.05. The minimum absolute atomic E-state index is 0.128. The van der Waals surface area contributed by atoms with E-state index < -0.39 is 16.6 Å². The monoisotopic (exact) mass is 322 g/mol. The maximum Gasteiger partial charge on any atom is 0.263 e. The van der Waals surface area contributed by atoms with Crippen LogP contribution in [0.5, 0.6) is 0 Å². The van der Waals surface area contributed by atoms with Gasteiger partial charge in [-0.3, -0.25) is 24.3 Å². The average molecular weight is 322 g/mol. The van der Waals surface area contributed by atoms with Crippen molar-refractivity contribution in [3.8, 4) is 0 Å². The number of aryl methyl sites for hydroxylation is 1. The molecule has 0 aliphatic carbocycles. The Bertz CT molecular complexity index is 956. The molecule has 3 rings (SSSR count). The van der Waals surface area contributed by atoms with Crippen molar-refractivity contribution in [1.82, 2.24) is 14.9 Å². The average Bonchev–Trinajstić information content (AvgIpc) is 2.44. The molecule has 2 amide bonds.